The molecule has 0 amide bonds. The molecule has 0 saturated heterocycles. The molecule has 0 heterocycles. The van der Waals surface area contributed by atoms with Gasteiger partial charge in [0.05, 0.1) is 10.0 Å². The van der Waals surface area contributed by atoms with Crippen molar-refractivity contribution in [2.75, 3.05) is 6.54 Å². The van der Waals surface area contributed by atoms with Crippen LogP contribution in [0.1, 0.15) is 18.0 Å². The lowest BCUT2D eigenvalue weighted by Crippen LogP contribution is -2.17. The van der Waals surface area contributed by atoms with Gasteiger partial charge in [0.1, 0.15) is 5.82 Å². The van der Waals surface area contributed by atoms with Crippen molar-refractivity contribution in [2.45, 2.75) is 12.5 Å². The van der Waals surface area contributed by atoms with E-state index >= 15 is 0 Å². The van der Waals surface area contributed by atoms with Gasteiger partial charge in [-0.15, -0.1) is 0 Å². The summed E-state index contributed by atoms with van der Waals surface area (Å²) < 4.78 is 13.3. The van der Waals surface area contributed by atoms with E-state index in [4.69, 9.17) is 34.7 Å². The number of nitrogens with two attached hydrogens (primary N) is 2. The van der Waals surface area contributed by atoms with Crippen molar-refractivity contribution in [3.63, 3.8) is 0 Å². The van der Waals surface area contributed by atoms with Gasteiger partial charge in [-0.3, -0.25) is 0 Å². The Morgan fingerprint density at radius 1 is 1.36 bits per heavy atom. The van der Waals surface area contributed by atoms with E-state index in [1.165, 1.54) is 12.1 Å². The molecule has 1 aromatic carbocycles. The maximum Gasteiger partial charge on any atom is 0.129 e. The zero-order chi connectivity index (χ0) is 10.7. The van der Waals surface area contributed by atoms with Gasteiger partial charge in [-0.25, -0.2) is 4.39 Å². The maximum absolute atomic E-state index is 13.3. The van der Waals surface area contributed by atoms with E-state index in [1.807, 2.05) is 0 Å². The minimum Gasteiger partial charge on any atom is -0.330 e. The van der Waals surface area contributed by atoms with Crippen LogP contribution in [0.4, 0.5) is 4.39 Å². The molecule has 2 nitrogen and oxygen atoms in total. The van der Waals surface area contributed by atoms with Crippen molar-refractivity contribution in [1.82, 2.24) is 0 Å². The van der Waals surface area contributed by atoms with Gasteiger partial charge in [0, 0.05) is 11.6 Å². The summed E-state index contributed by atoms with van der Waals surface area (Å²) in [5, 5.41) is 0.475. The van der Waals surface area contributed by atoms with Crippen molar-refractivity contribution in [2.24, 2.45) is 11.5 Å². The molecule has 0 aromatic heterocycles. The van der Waals surface area contributed by atoms with Crippen LogP contribution in [0.3, 0.4) is 0 Å². The zero-order valence-electron chi connectivity index (χ0n) is 7.43. The van der Waals surface area contributed by atoms with Crippen LogP contribution in [0.5, 0.6) is 0 Å². The minimum atomic E-state index is -0.508. The number of halogens is 3. The standard InChI is InChI=1S/C9H11Cl2FN2/c10-5-1-2-6(12)8(9(5)11)7(14)3-4-13/h1-2,7H,3-4,13-14H2/t7-/m0/s1. The van der Waals surface area contributed by atoms with Gasteiger partial charge >= 0.3 is 0 Å². The quantitative estimate of drug-likeness (QED) is 0.793. The Balaban J connectivity index is 3.11. The summed E-state index contributed by atoms with van der Waals surface area (Å²) in [6, 6.07) is 2.14. The summed E-state index contributed by atoms with van der Waals surface area (Å²) in [6.45, 7) is 0.378. The molecule has 4 N–H and O–H groups in total. The van der Waals surface area contributed by atoms with Gasteiger partial charge in [0.2, 0.25) is 0 Å². The van der Waals surface area contributed by atoms with E-state index in [2.05, 4.69) is 0 Å². The Labute approximate surface area is 92.0 Å². The highest BCUT2D eigenvalue weighted by Crippen LogP contribution is 2.32. The van der Waals surface area contributed by atoms with E-state index in [9.17, 15) is 4.39 Å². The van der Waals surface area contributed by atoms with Crippen molar-refractivity contribution in [1.29, 1.82) is 0 Å². The van der Waals surface area contributed by atoms with Gasteiger partial charge in [0.25, 0.3) is 0 Å². The van der Waals surface area contributed by atoms with Crippen LogP contribution < -0.4 is 11.5 Å². The average molecular weight is 237 g/mol. The fourth-order valence-electron chi connectivity index (χ4n) is 1.21. The van der Waals surface area contributed by atoms with Crippen LogP contribution in [0, 0.1) is 5.82 Å². The molecule has 0 aliphatic carbocycles. The topological polar surface area (TPSA) is 52.0 Å². The highest BCUT2D eigenvalue weighted by molar-refractivity contribution is 6.42. The molecule has 0 saturated carbocycles. The molecule has 0 aliphatic heterocycles. The van der Waals surface area contributed by atoms with Gasteiger partial charge in [-0.05, 0) is 25.1 Å². The lowest BCUT2D eigenvalue weighted by Gasteiger charge is -2.14. The SMILES string of the molecule is NCC[C@H](N)c1c(F)ccc(Cl)c1Cl. The second-order valence-corrected chi connectivity index (χ2v) is 3.73. The lowest BCUT2D eigenvalue weighted by molar-refractivity contribution is 0.567. The van der Waals surface area contributed by atoms with E-state index < -0.39 is 11.9 Å². The number of hydrogen-bond donors (Lipinski definition) is 2. The molecular formula is C9H11Cl2FN2. The lowest BCUT2D eigenvalue weighted by atomic mass is 10.0. The fraction of sp³-hybridized carbons (Fsp3) is 0.333. The molecule has 14 heavy (non-hydrogen) atoms. The van der Waals surface area contributed by atoms with Gasteiger partial charge in [-0.1, -0.05) is 23.2 Å². The van der Waals surface area contributed by atoms with Crippen LogP contribution in [-0.2, 0) is 0 Å². The molecular weight excluding hydrogens is 226 g/mol. The third-order valence-electron chi connectivity index (χ3n) is 1.93. The minimum absolute atomic E-state index is 0.174. The normalized spacial score (nSPS) is 12.9. The first-order valence-corrected chi connectivity index (χ1v) is 4.92. The predicted octanol–water partition coefficient (Wildman–Crippen LogP) is 2.48. The largest absolute Gasteiger partial charge is 0.330 e. The van der Waals surface area contributed by atoms with Gasteiger partial charge in [0.15, 0.2) is 0 Å². The molecule has 0 radical (unpaired) electrons. The molecule has 0 unspecified atom stereocenters. The highest BCUT2D eigenvalue weighted by atomic mass is 35.5. The van der Waals surface area contributed by atoms with Gasteiger partial charge < -0.3 is 11.5 Å². The van der Waals surface area contributed by atoms with E-state index in [0.717, 1.165) is 0 Å². The second kappa shape index (κ2) is 4.94. The highest BCUT2D eigenvalue weighted by Gasteiger charge is 2.16. The van der Waals surface area contributed by atoms with Crippen molar-refractivity contribution in [3.05, 3.63) is 33.6 Å². The molecule has 1 rings (SSSR count). The molecule has 0 fully saturated rings. The van der Waals surface area contributed by atoms with Crippen molar-refractivity contribution >= 4 is 23.2 Å². The Morgan fingerprint density at radius 2 is 2.00 bits per heavy atom. The molecule has 0 aliphatic rings. The smallest absolute Gasteiger partial charge is 0.129 e. The predicted molar refractivity (Wildman–Crippen MR) is 57.0 cm³/mol. The molecule has 0 bridgehead atoms. The number of rotatable bonds is 3. The van der Waals surface area contributed by atoms with E-state index in [1.54, 1.807) is 0 Å². The van der Waals surface area contributed by atoms with Crippen LogP contribution in [-0.4, -0.2) is 6.54 Å². The zero-order valence-corrected chi connectivity index (χ0v) is 8.95. The third-order valence-corrected chi connectivity index (χ3v) is 2.75. The maximum atomic E-state index is 13.3. The van der Waals surface area contributed by atoms with Crippen molar-refractivity contribution < 1.29 is 4.39 Å². The Kier molecular flexibility index (Phi) is 4.13. The molecule has 5 heteroatoms. The number of hydrogen-bond acceptors (Lipinski definition) is 2. The molecule has 78 valence electrons. The first-order valence-electron chi connectivity index (χ1n) is 4.17. The molecule has 1 atom stereocenters. The van der Waals surface area contributed by atoms with E-state index in [0.29, 0.717) is 18.0 Å². The fourth-order valence-corrected chi connectivity index (χ4v) is 1.66. The summed E-state index contributed by atoms with van der Waals surface area (Å²) in [4.78, 5) is 0. The monoisotopic (exact) mass is 236 g/mol. The Hall–Kier alpha value is -0.350. The summed E-state index contributed by atoms with van der Waals surface area (Å²) >= 11 is 11.6. The summed E-state index contributed by atoms with van der Waals surface area (Å²) in [5.74, 6) is -0.444. The molecule has 1 aromatic rings. The molecule has 0 spiro atoms. The summed E-state index contributed by atoms with van der Waals surface area (Å²) in [7, 11) is 0. The first-order chi connectivity index (χ1) is 6.57. The average Bonchev–Trinajstić information content (AvgIpc) is 2.13. The number of benzene rings is 1. The van der Waals surface area contributed by atoms with E-state index in [-0.39, 0.29) is 10.6 Å². The second-order valence-electron chi connectivity index (χ2n) is 2.94. The third kappa shape index (κ3) is 2.36. The Morgan fingerprint density at radius 3 is 2.57 bits per heavy atom. The first kappa shape index (κ1) is 11.7. The van der Waals surface area contributed by atoms with Crippen LogP contribution in [0.15, 0.2) is 12.1 Å². The summed E-state index contributed by atoms with van der Waals surface area (Å²) in [5.41, 5.74) is 11.3. The van der Waals surface area contributed by atoms with Crippen LogP contribution >= 0.6 is 23.2 Å². The van der Waals surface area contributed by atoms with Crippen LogP contribution in [0.25, 0.3) is 0 Å². The van der Waals surface area contributed by atoms with Gasteiger partial charge in [-0.2, -0.15) is 0 Å². The van der Waals surface area contributed by atoms with Crippen LogP contribution in [0.2, 0.25) is 10.0 Å². The van der Waals surface area contributed by atoms with Crippen molar-refractivity contribution in [3.8, 4) is 0 Å². The Bertz CT molecular complexity index is 331. The summed E-state index contributed by atoms with van der Waals surface area (Å²) in [6.07, 6.45) is 0.469.